The molecule has 3 N–H and O–H groups in total. The third kappa shape index (κ3) is 4.19. The highest BCUT2D eigenvalue weighted by molar-refractivity contribution is 5.65. The number of anilines is 1. The summed E-state index contributed by atoms with van der Waals surface area (Å²) in [6.07, 6.45) is 5.40. The lowest BCUT2D eigenvalue weighted by atomic mass is 9.92. The SMILES string of the molecule is Cc1cc(-c2cnc(N)c(-n3cc(C(O)N(C)C(C)C)cn3)n2)cc2c1CCN(C)C2. The predicted molar refractivity (Wildman–Crippen MR) is 122 cm³/mol. The summed E-state index contributed by atoms with van der Waals surface area (Å²) < 4.78 is 1.58. The first-order valence-corrected chi connectivity index (χ1v) is 10.6. The normalized spacial score (nSPS) is 15.5. The topological polar surface area (TPSA) is 96.3 Å². The highest BCUT2D eigenvalue weighted by Gasteiger charge is 2.20. The van der Waals surface area contributed by atoms with E-state index >= 15 is 0 Å². The van der Waals surface area contributed by atoms with Gasteiger partial charge in [-0.25, -0.2) is 14.6 Å². The molecule has 2 aromatic heterocycles. The van der Waals surface area contributed by atoms with Crippen molar-refractivity contribution in [2.75, 3.05) is 26.4 Å². The van der Waals surface area contributed by atoms with Crippen molar-refractivity contribution in [3.05, 3.63) is 53.0 Å². The molecule has 164 valence electrons. The van der Waals surface area contributed by atoms with E-state index in [9.17, 15) is 5.11 Å². The van der Waals surface area contributed by atoms with Gasteiger partial charge in [0, 0.05) is 36.5 Å². The second kappa shape index (κ2) is 8.37. The first-order chi connectivity index (χ1) is 14.7. The Balaban J connectivity index is 1.69. The maximum Gasteiger partial charge on any atom is 0.196 e. The molecule has 0 spiro atoms. The van der Waals surface area contributed by atoms with Gasteiger partial charge in [0.2, 0.25) is 0 Å². The van der Waals surface area contributed by atoms with Crippen LogP contribution in [0, 0.1) is 6.92 Å². The van der Waals surface area contributed by atoms with Gasteiger partial charge in [-0.05, 0) is 70.1 Å². The van der Waals surface area contributed by atoms with Crippen LogP contribution in [0.5, 0.6) is 0 Å². The number of fused-ring (bicyclic) bond motifs is 1. The Kier molecular flexibility index (Phi) is 5.79. The number of aryl methyl sites for hydroxylation is 1. The standard InChI is InChI=1S/C23H31N7O/c1-14(2)29(5)23(31)18-10-26-30(13-18)22-21(24)25-11-20(27-22)16-8-15(3)19-6-7-28(4)12-17(19)9-16/h8-11,13-14,23,31H,6-7,12H2,1-5H3,(H2,24,25). The summed E-state index contributed by atoms with van der Waals surface area (Å²) >= 11 is 0. The Labute approximate surface area is 183 Å². The van der Waals surface area contributed by atoms with Crippen LogP contribution in [0.3, 0.4) is 0 Å². The quantitative estimate of drug-likeness (QED) is 0.611. The second-order valence-electron chi connectivity index (χ2n) is 8.73. The molecule has 0 aliphatic carbocycles. The lowest BCUT2D eigenvalue weighted by Crippen LogP contribution is -2.30. The van der Waals surface area contributed by atoms with Gasteiger partial charge in [0.1, 0.15) is 6.23 Å². The molecule has 0 saturated heterocycles. The molecule has 4 rings (SSSR count). The zero-order chi connectivity index (χ0) is 22.3. The lowest BCUT2D eigenvalue weighted by Gasteiger charge is -2.27. The van der Waals surface area contributed by atoms with Crippen molar-refractivity contribution in [1.82, 2.24) is 29.5 Å². The van der Waals surface area contributed by atoms with Crippen LogP contribution >= 0.6 is 0 Å². The van der Waals surface area contributed by atoms with E-state index in [4.69, 9.17) is 10.7 Å². The van der Waals surface area contributed by atoms with Crippen LogP contribution in [-0.2, 0) is 13.0 Å². The minimum Gasteiger partial charge on any atom is -0.381 e. The minimum atomic E-state index is -0.758. The van der Waals surface area contributed by atoms with Gasteiger partial charge >= 0.3 is 0 Å². The van der Waals surface area contributed by atoms with Gasteiger partial charge in [0.05, 0.1) is 18.1 Å². The number of rotatable bonds is 5. The van der Waals surface area contributed by atoms with Gasteiger partial charge in [-0.1, -0.05) is 0 Å². The fourth-order valence-corrected chi connectivity index (χ4v) is 4.01. The Morgan fingerprint density at radius 2 is 2.00 bits per heavy atom. The molecule has 8 heteroatoms. The van der Waals surface area contributed by atoms with E-state index in [2.05, 4.69) is 41.1 Å². The number of nitrogens with zero attached hydrogens (tertiary/aromatic N) is 6. The number of likely N-dealkylation sites (N-methyl/N-ethyl adjacent to an activating group) is 1. The van der Waals surface area contributed by atoms with Crippen molar-refractivity contribution in [2.24, 2.45) is 0 Å². The van der Waals surface area contributed by atoms with Crippen molar-refractivity contribution >= 4 is 5.82 Å². The van der Waals surface area contributed by atoms with Gasteiger partial charge < -0.3 is 15.7 Å². The zero-order valence-electron chi connectivity index (χ0n) is 18.9. The van der Waals surface area contributed by atoms with Crippen molar-refractivity contribution in [3.8, 4) is 17.1 Å². The smallest absolute Gasteiger partial charge is 0.196 e. The average Bonchev–Trinajstić information content (AvgIpc) is 3.22. The molecule has 31 heavy (non-hydrogen) atoms. The summed E-state index contributed by atoms with van der Waals surface area (Å²) in [4.78, 5) is 13.3. The van der Waals surface area contributed by atoms with Gasteiger partial charge in [0.25, 0.3) is 0 Å². The van der Waals surface area contributed by atoms with E-state index in [1.165, 1.54) is 16.7 Å². The van der Waals surface area contributed by atoms with Crippen LogP contribution in [0.15, 0.2) is 30.7 Å². The number of benzene rings is 1. The summed E-state index contributed by atoms with van der Waals surface area (Å²) in [5.41, 5.74) is 12.6. The van der Waals surface area contributed by atoms with Gasteiger partial charge in [-0.3, -0.25) is 4.90 Å². The van der Waals surface area contributed by atoms with E-state index in [0.29, 0.717) is 17.2 Å². The Bertz CT molecular complexity index is 1090. The molecule has 1 aliphatic rings. The summed E-state index contributed by atoms with van der Waals surface area (Å²) in [6.45, 7) is 8.23. The Hall–Kier alpha value is -2.81. The molecule has 1 unspecified atom stereocenters. The van der Waals surface area contributed by atoms with Gasteiger partial charge in [-0.2, -0.15) is 5.10 Å². The van der Waals surface area contributed by atoms with Crippen molar-refractivity contribution in [1.29, 1.82) is 0 Å². The summed E-state index contributed by atoms with van der Waals surface area (Å²) in [7, 11) is 4.02. The van der Waals surface area contributed by atoms with Gasteiger partial charge in [0.15, 0.2) is 11.6 Å². The summed E-state index contributed by atoms with van der Waals surface area (Å²) in [5, 5.41) is 15.0. The lowest BCUT2D eigenvalue weighted by molar-refractivity contribution is 0.00101. The molecular formula is C23H31N7O. The average molecular weight is 422 g/mol. The third-order valence-electron chi connectivity index (χ3n) is 6.14. The molecule has 0 bridgehead atoms. The number of hydrogen-bond donors (Lipinski definition) is 2. The first kappa shape index (κ1) is 21.4. The second-order valence-corrected chi connectivity index (χ2v) is 8.73. The van der Waals surface area contributed by atoms with Crippen LogP contribution in [-0.4, -0.2) is 61.3 Å². The van der Waals surface area contributed by atoms with E-state index in [1.54, 1.807) is 23.3 Å². The fraction of sp³-hybridized carbons (Fsp3) is 0.435. The van der Waals surface area contributed by atoms with E-state index in [0.717, 1.165) is 30.8 Å². The molecule has 0 amide bonds. The number of nitrogens with two attached hydrogens (primary N) is 1. The Morgan fingerprint density at radius 3 is 2.74 bits per heavy atom. The Morgan fingerprint density at radius 1 is 1.23 bits per heavy atom. The van der Waals surface area contributed by atoms with E-state index in [-0.39, 0.29) is 6.04 Å². The fourth-order valence-electron chi connectivity index (χ4n) is 4.01. The van der Waals surface area contributed by atoms with Crippen molar-refractivity contribution in [3.63, 3.8) is 0 Å². The van der Waals surface area contributed by atoms with Crippen molar-refractivity contribution < 1.29 is 5.11 Å². The molecule has 0 saturated carbocycles. The molecule has 1 atom stereocenters. The summed E-state index contributed by atoms with van der Waals surface area (Å²) in [5.74, 6) is 0.746. The van der Waals surface area contributed by atoms with E-state index < -0.39 is 6.23 Å². The number of hydrogen-bond acceptors (Lipinski definition) is 7. The maximum absolute atomic E-state index is 10.6. The van der Waals surface area contributed by atoms with Crippen LogP contribution < -0.4 is 5.73 Å². The summed E-state index contributed by atoms with van der Waals surface area (Å²) in [6, 6.07) is 4.57. The highest BCUT2D eigenvalue weighted by atomic mass is 16.3. The molecule has 3 heterocycles. The molecule has 8 nitrogen and oxygen atoms in total. The van der Waals surface area contributed by atoms with Crippen LogP contribution in [0.1, 0.15) is 42.3 Å². The minimum absolute atomic E-state index is 0.192. The molecule has 3 aromatic rings. The number of aliphatic hydroxyl groups excluding tert-OH is 1. The van der Waals surface area contributed by atoms with E-state index in [1.807, 2.05) is 25.8 Å². The molecule has 1 aliphatic heterocycles. The molecule has 1 aromatic carbocycles. The highest BCUT2D eigenvalue weighted by Crippen LogP contribution is 2.29. The number of nitrogen functional groups attached to an aromatic ring is 1. The zero-order valence-corrected chi connectivity index (χ0v) is 18.9. The van der Waals surface area contributed by atoms with Gasteiger partial charge in [-0.15, -0.1) is 0 Å². The predicted octanol–water partition coefficient (Wildman–Crippen LogP) is 2.54. The number of aromatic nitrogens is 4. The monoisotopic (exact) mass is 421 g/mol. The number of aliphatic hydroxyl groups is 1. The van der Waals surface area contributed by atoms with Crippen LogP contribution in [0.4, 0.5) is 5.82 Å². The molecule has 0 radical (unpaired) electrons. The van der Waals surface area contributed by atoms with Crippen LogP contribution in [0.2, 0.25) is 0 Å². The van der Waals surface area contributed by atoms with Crippen LogP contribution in [0.25, 0.3) is 17.1 Å². The largest absolute Gasteiger partial charge is 0.381 e. The third-order valence-corrected chi connectivity index (χ3v) is 6.14. The van der Waals surface area contributed by atoms with Crippen molar-refractivity contribution in [2.45, 2.75) is 46.0 Å². The molecule has 0 fully saturated rings. The maximum atomic E-state index is 10.6. The molecular weight excluding hydrogens is 390 g/mol. The first-order valence-electron chi connectivity index (χ1n) is 10.6.